The number of likely N-dealkylation sites (tertiary alicyclic amines) is 1. The minimum atomic E-state index is -0.699. The SMILES string of the molecule is NC(=O)[C@@]1(Cc2ccccc2-c2cncnc2)CCCN(Cc2ccc(Cl)c(F)c2)C1. The number of piperidine rings is 1. The number of rotatable bonds is 6. The zero-order valence-corrected chi connectivity index (χ0v) is 17.9. The zero-order chi connectivity index (χ0) is 21.8. The first-order valence-electron chi connectivity index (χ1n) is 10.3. The van der Waals surface area contributed by atoms with Crippen LogP contribution in [-0.4, -0.2) is 33.9 Å². The summed E-state index contributed by atoms with van der Waals surface area (Å²) in [7, 11) is 0. The number of benzene rings is 2. The first-order valence-corrected chi connectivity index (χ1v) is 10.6. The number of amides is 1. The lowest BCUT2D eigenvalue weighted by Gasteiger charge is -2.41. The van der Waals surface area contributed by atoms with Gasteiger partial charge in [0, 0.05) is 31.0 Å². The van der Waals surface area contributed by atoms with Crippen molar-refractivity contribution in [1.29, 1.82) is 0 Å². The maximum Gasteiger partial charge on any atom is 0.225 e. The summed E-state index contributed by atoms with van der Waals surface area (Å²) in [6.07, 6.45) is 7.12. The Hall–Kier alpha value is -2.83. The number of hydrogen-bond donors (Lipinski definition) is 1. The van der Waals surface area contributed by atoms with Crippen molar-refractivity contribution in [2.75, 3.05) is 13.1 Å². The van der Waals surface area contributed by atoms with Gasteiger partial charge in [-0.15, -0.1) is 0 Å². The molecule has 1 fully saturated rings. The third-order valence-electron chi connectivity index (χ3n) is 5.99. The van der Waals surface area contributed by atoms with E-state index in [4.69, 9.17) is 17.3 Å². The highest BCUT2D eigenvalue weighted by Gasteiger charge is 2.41. The Balaban J connectivity index is 1.60. The number of aromatic nitrogens is 2. The minimum Gasteiger partial charge on any atom is -0.369 e. The Morgan fingerprint density at radius 2 is 1.97 bits per heavy atom. The van der Waals surface area contributed by atoms with Crippen LogP contribution in [-0.2, 0) is 17.8 Å². The zero-order valence-electron chi connectivity index (χ0n) is 17.1. The molecule has 7 heteroatoms. The van der Waals surface area contributed by atoms with E-state index in [1.54, 1.807) is 18.5 Å². The first-order chi connectivity index (χ1) is 15.0. The molecule has 1 aromatic heterocycles. The smallest absolute Gasteiger partial charge is 0.225 e. The molecule has 0 radical (unpaired) electrons. The summed E-state index contributed by atoms with van der Waals surface area (Å²) in [6.45, 7) is 1.89. The molecule has 3 aromatic rings. The second kappa shape index (κ2) is 9.12. The Labute approximate surface area is 186 Å². The minimum absolute atomic E-state index is 0.107. The summed E-state index contributed by atoms with van der Waals surface area (Å²) in [5.41, 5.74) is 9.04. The van der Waals surface area contributed by atoms with Crippen molar-refractivity contribution in [2.45, 2.75) is 25.8 Å². The lowest BCUT2D eigenvalue weighted by atomic mass is 9.73. The van der Waals surface area contributed by atoms with Crippen LogP contribution in [0.3, 0.4) is 0 Å². The lowest BCUT2D eigenvalue weighted by molar-refractivity contribution is -0.131. The molecule has 0 aliphatic carbocycles. The second-order valence-corrected chi connectivity index (χ2v) is 8.58. The number of halogens is 2. The Kier molecular flexibility index (Phi) is 6.30. The molecule has 2 aromatic carbocycles. The van der Waals surface area contributed by atoms with Gasteiger partial charge in [-0.1, -0.05) is 41.9 Å². The van der Waals surface area contributed by atoms with Gasteiger partial charge in [0.25, 0.3) is 0 Å². The van der Waals surface area contributed by atoms with Crippen LogP contribution in [0.5, 0.6) is 0 Å². The predicted molar refractivity (Wildman–Crippen MR) is 119 cm³/mol. The van der Waals surface area contributed by atoms with Crippen LogP contribution in [0, 0.1) is 11.2 Å². The molecule has 2 heterocycles. The van der Waals surface area contributed by atoms with Gasteiger partial charge < -0.3 is 5.73 Å². The van der Waals surface area contributed by atoms with Gasteiger partial charge in [-0.05, 0) is 54.6 Å². The largest absolute Gasteiger partial charge is 0.369 e. The lowest BCUT2D eigenvalue weighted by Crippen LogP contribution is -2.51. The van der Waals surface area contributed by atoms with E-state index in [1.807, 2.05) is 30.3 Å². The summed E-state index contributed by atoms with van der Waals surface area (Å²) < 4.78 is 13.9. The van der Waals surface area contributed by atoms with Crippen molar-refractivity contribution in [3.05, 3.63) is 83.2 Å². The van der Waals surface area contributed by atoms with Gasteiger partial charge in [0.1, 0.15) is 12.1 Å². The monoisotopic (exact) mass is 438 g/mol. The predicted octanol–water partition coefficient (Wildman–Crippen LogP) is 4.25. The van der Waals surface area contributed by atoms with Crippen molar-refractivity contribution in [2.24, 2.45) is 11.1 Å². The summed E-state index contributed by atoms with van der Waals surface area (Å²) in [6, 6.07) is 12.8. The Bertz CT molecular complexity index is 1080. The summed E-state index contributed by atoms with van der Waals surface area (Å²) in [5.74, 6) is -0.741. The average Bonchev–Trinajstić information content (AvgIpc) is 2.77. The fraction of sp³-hybridized carbons (Fsp3) is 0.292. The molecule has 4 rings (SSSR count). The van der Waals surface area contributed by atoms with Gasteiger partial charge in [0.15, 0.2) is 0 Å². The normalized spacial score (nSPS) is 19.3. The van der Waals surface area contributed by atoms with Crippen molar-refractivity contribution in [3.63, 3.8) is 0 Å². The Morgan fingerprint density at radius 3 is 2.71 bits per heavy atom. The topological polar surface area (TPSA) is 72.1 Å². The third kappa shape index (κ3) is 4.75. The van der Waals surface area contributed by atoms with Crippen LogP contribution >= 0.6 is 11.6 Å². The fourth-order valence-corrected chi connectivity index (χ4v) is 4.57. The molecule has 2 N–H and O–H groups in total. The molecule has 0 spiro atoms. The van der Waals surface area contributed by atoms with Gasteiger partial charge in [-0.2, -0.15) is 0 Å². The van der Waals surface area contributed by atoms with E-state index in [0.29, 0.717) is 25.9 Å². The molecule has 0 saturated carbocycles. The summed E-state index contributed by atoms with van der Waals surface area (Å²) >= 11 is 5.81. The van der Waals surface area contributed by atoms with Crippen LogP contribution in [0.4, 0.5) is 4.39 Å². The van der Waals surface area contributed by atoms with E-state index in [2.05, 4.69) is 14.9 Å². The quantitative estimate of drug-likeness (QED) is 0.624. The highest BCUT2D eigenvalue weighted by Crippen LogP contribution is 2.37. The van der Waals surface area contributed by atoms with E-state index in [1.165, 1.54) is 12.4 Å². The number of primary amides is 1. The van der Waals surface area contributed by atoms with E-state index in [0.717, 1.165) is 35.2 Å². The molecular formula is C24H24ClFN4O. The molecule has 5 nitrogen and oxygen atoms in total. The van der Waals surface area contributed by atoms with E-state index in [9.17, 15) is 9.18 Å². The second-order valence-electron chi connectivity index (χ2n) is 8.17. The van der Waals surface area contributed by atoms with Crippen molar-refractivity contribution in [3.8, 4) is 11.1 Å². The Morgan fingerprint density at radius 1 is 1.19 bits per heavy atom. The standard InChI is InChI=1S/C24H24ClFN4O/c25-21-7-6-17(10-22(21)26)14-30-9-3-8-24(15-30,23(27)31)11-18-4-1-2-5-20(18)19-12-28-16-29-13-19/h1-2,4-7,10,12-13,16H,3,8-9,11,14-15H2,(H2,27,31)/t24-/m1/s1. The molecule has 160 valence electrons. The number of carbonyl (C=O) groups excluding carboxylic acids is 1. The molecular weight excluding hydrogens is 415 g/mol. The fourth-order valence-electron chi connectivity index (χ4n) is 4.45. The maximum atomic E-state index is 13.9. The van der Waals surface area contributed by atoms with Gasteiger partial charge in [-0.3, -0.25) is 9.69 Å². The molecule has 31 heavy (non-hydrogen) atoms. The molecule has 1 aliphatic heterocycles. The maximum absolute atomic E-state index is 13.9. The molecule has 1 atom stereocenters. The van der Waals surface area contributed by atoms with Crippen LogP contribution in [0.2, 0.25) is 5.02 Å². The van der Waals surface area contributed by atoms with Gasteiger partial charge in [-0.25, -0.2) is 14.4 Å². The summed E-state index contributed by atoms with van der Waals surface area (Å²) in [5, 5.41) is 0.107. The van der Waals surface area contributed by atoms with Crippen molar-refractivity contribution < 1.29 is 9.18 Å². The van der Waals surface area contributed by atoms with Crippen LogP contribution in [0.25, 0.3) is 11.1 Å². The van der Waals surface area contributed by atoms with E-state index in [-0.39, 0.29) is 10.9 Å². The molecule has 1 saturated heterocycles. The first kappa shape index (κ1) is 21.4. The molecule has 1 amide bonds. The molecule has 1 aliphatic rings. The van der Waals surface area contributed by atoms with E-state index >= 15 is 0 Å². The number of nitrogens with two attached hydrogens (primary N) is 1. The average molecular weight is 439 g/mol. The molecule has 0 bridgehead atoms. The molecule has 0 unspecified atom stereocenters. The number of carbonyl (C=O) groups is 1. The van der Waals surface area contributed by atoms with Crippen LogP contribution in [0.15, 0.2) is 61.2 Å². The van der Waals surface area contributed by atoms with Crippen LogP contribution < -0.4 is 5.73 Å². The van der Waals surface area contributed by atoms with E-state index < -0.39 is 11.2 Å². The van der Waals surface area contributed by atoms with Gasteiger partial charge in [0.2, 0.25) is 5.91 Å². The van der Waals surface area contributed by atoms with Gasteiger partial charge in [0.05, 0.1) is 10.4 Å². The number of hydrogen-bond acceptors (Lipinski definition) is 4. The highest BCUT2D eigenvalue weighted by atomic mass is 35.5. The van der Waals surface area contributed by atoms with Gasteiger partial charge >= 0.3 is 0 Å². The highest BCUT2D eigenvalue weighted by molar-refractivity contribution is 6.30. The number of nitrogens with zero attached hydrogens (tertiary/aromatic N) is 3. The third-order valence-corrected chi connectivity index (χ3v) is 6.29. The van der Waals surface area contributed by atoms with Crippen LogP contribution in [0.1, 0.15) is 24.0 Å². The van der Waals surface area contributed by atoms with Crippen molar-refractivity contribution >= 4 is 17.5 Å². The van der Waals surface area contributed by atoms with Crippen molar-refractivity contribution in [1.82, 2.24) is 14.9 Å². The summed E-state index contributed by atoms with van der Waals surface area (Å²) in [4.78, 5) is 23.1.